The summed E-state index contributed by atoms with van der Waals surface area (Å²) >= 11 is 6.06. The molecule has 176 valence electrons. The fraction of sp³-hybridized carbons (Fsp3) is 0.316. The van der Waals surface area contributed by atoms with Crippen LogP contribution in [0, 0.1) is 0 Å². The van der Waals surface area contributed by atoms with Crippen LogP contribution < -0.4 is 10.0 Å². The van der Waals surface area contributed by atoms with E-state index >= 15 is 0 Å². The lowest BCUT2D eigenvalue weighted by molar-refractivity contribution is 0.121. The van der Waals surface area contributed by atoms with Gasteiger partial charge >= 0.3 is 6.09 Å². The molecule has 3 aromatic rings. The topological polar surface area (TPSA) is 150 Å². The van der Waals surface area contributed by atoms with E-state index in [9.17, 15) is 13.2 Å². The Morgan fingerprint density at radius 2 is 2.06 bits per heavy atom. The number of nitrogens with zero attached hydrogens (tertiary/aromatic N) is 5. The maximum Gasteiger partial charge on any atom is 0.413 e. The molecule has 3 heterocycles. The van der Waals surface area contributed by atoms with Crippen molar-refractivity contribution >= 4 is 39.2 Å². The number of hydrogen-bond donors (Lipinski definition) is 2. The molecule has 1 atom stereocenters. The van der Waals surface area contributed by atoms with E-state index in [0.717, 1.165) is 6.26 Å². The molecule has 12 nitrogen and oxygen atoms in total. The molecule has 1 amide bonds. The van der Waals surface area contributed by atoms with Crippen LogP contribution in [0.5, 0.6) is 0 Å². The van der Waals surface area contributed by atoms with Crippen LogP contribution in [0.2, 0.25) is 5.15 Å². The maximum absolute atomic E-state index is 12.5. The van der Waals surface area contributed by atoms with Crippen molar-refractivity contribution in [2.24, 2.45) is 7.05 Å². The molecule has 0 aliphatic rings. The molecule has 14 heteroatoms. The summed E-state index contributed by atoms with van der Waals surface area (Å²) < 4.78 is 37.5. The van der Waals surface area contributed by atoms with Crippen molar-refractivity contribution in [3.8, 4) is 11.4 Å². The molecule has 0 radical (unpaired) electrons. The van der Waals surface area contributed by atoms with Gasteiger partial charge in [-0.15, -0.1) is 5.10 Å². The first-order valence-corrected chi connectivity index (χ1v) is 11.8. The summed E-state index contributed by atoms with van der Waals surface area (Å²) in [4.78, 5) is 20.9. The Hall–Kier alpha value is -3.29. The number of carbonyl (C=O) groups is 1. The highest BCUT2D eigenvalue weighted by atomic mass is 35.5. The maximum atomic E-state index is 12.5. The summed E-state index contributed by atoms with van der Waals surface area (Å²) in [5.41, 5.74) is 1.75. The van der Waals surface area contributed by atoms with E-state index in [2.05, 4.69) is 30.3 Å². The summed E-state index contributed by atoms with van der Waals surface area (Å²) in [6.07, 6.45) is 1.14. The third-order valence-corrected chi connectivity index (χ3v) is 5.26. The van der Waals surface area contributed by atoms with Crippen LogP contribution in [-0.4, -0.2) is 52.8 Å². The van der Waals surface area contributed by atoms with Crippen LogP contribution in [0.15, 0.2) is 30.5 Å². The second-order valence-electron chi connectivity index (χ2n) is 6.96. The fourth-order valence-electron chi connectivity index (χ4n) is 2.89. The highest BCUT2D eigenvalue weighted by Crippen LogP contribution is 2.28. The second-order valence-corrected chi connectivity index (χ2v) is 9.07. The van der Waals surface area contributed by atoms with Crippen molar-refractivity contribution in [1.82, 2.24) is 25.0 Å². The third-order valence-electron chi connectivity index (χ3n) is 4.35. The zero-order valence-corrected chi connectivity index (χ0v) is 19.8. The van der Waals surface area contributed by atoms with Crippen LogP contribution in [0.3, 0.4) is 0 Å². The molecule has 3 aromatic heterocycles. The molecule has 3 rings (SSSR count). The first-order chi connectivity index (χ1) is 15.6. The van der Waals surface area contributed by atoms with E-state index < -0.39 is 22.2 Å². The molecule has 0 aliphatic heterocycles. The number of methoxy groups -OCH3 is 1. The Kier molecular flexibility index (Phi) is 7.46. The van der Waals surface area contributed by atoms with Gasteiger partial charge in [0.05, 0.1) is 29.9 Å². The SMILES string of the molecule is COCc1nc(-c2nnn(C)c2NC(=O)O[C@H](C)c2cccnc2Cl)ccc1NS(C)(=O)=O. The van der Waals surface area contributed by atoms with Crippen molar-refractivity contribution in [2.45, 2.75) is 19.6 Å². The predicted octanol–water partition coefficient (Wildman–Crippen LogP) is 2.75. The number of rotatable bonds is 8. The van der Waals surface area contributed by atoms with Crippen LogP contribution in [0.25, 0.3) is 11.4 Å². The van der Waals surface area contributed by atoms with Crippen molar-refractivity contribution in [3.63, 3.8) is 0 Å². The largest absolute Gasteiger partial charge is 0.441 e. The summed E-state index contributed by atoms with van der Waals surface area (Å²) in [6, 6.07) is 6.47. The van der Waals surface area contributed by atoms with Crippen LogP contribution in [-0.2, 0) is 33.2 Å². The molecule has 0 fully saturated rings. The zero-order chi connectivity index (χ0) is 24.2. The predicted molar refractivity (Wildman–Crippen MR) is 121 cm³/mol. The molecule has 2 N–H and O–H groups in total. The first kappa shape index (κ1) is 24.4. The van der Waals surface area contributed by atoms with E-state index in [1.165, 1.54) is 24.1 Å². The van der Waals surface area contributed by atoms with E-state index in [-0.39, 0.29) is 29.0 Å². The number of hydrogen-bond acceptors (Lipinski definition) is 9. The van der Waals surface area contributed by atoms with Gasteiger partial charge in [-0.25, -0.2) is 27.9 Å². The van der Waals surface area contributed by atoms with Gasteiger partial charge in [0.1, 0.15) is 11.3 Å². The molecule has 0 saturated carbocycles. The summed E-state index contributed by atoms with van der Waals surface area (Å²) in [5.74, 6) is 0.226. The van der Waals surface area contributed by atoms with Crippen molar-refractivity contribution < 1.29 is 22.7 Å². The number of ether oxygens (including phenoxy) is 2. The number of nitrogens with one attached hydrogen (secondary N) is 2. The zero-order valence-electron chi connectivity index (χ0n) is 18.2. The van der Waals surface area contributed by atoms with E-state index in [0.29, 0.717) is 17.0 Å². The Morgan fingerprint density at radius 3 is 2.73 bits per heavy atom. The van der Waals surface area contributed by atoms with Gasteiger partial charge in [0.25, 0.3) is 0 Å². The minimum Gasteiger partial charge on any atom is -0.441 e. The number of aryl methyl sites for hydroxylation is 1. The van der Waals surface area contributed by atoms with Crippen LogP contribution in [0.1, 0.15) is 24.3 Å². The summed E-state index contributed by atoms with van der Waals surface area (Å²) in [5, 5.41) is 10.8. The van der Waals surface area contributed by atoms with Crippen molar-refractivity contribution in [1.29, 1.82) is 0 Å². The quantitative estimate of drug-likeness (QED) is 0.449. The lowest BCUT2D eigenvalue weighted by atomic mass is 10.2. The van der Waals surface area contributed by atoms with E-state index in [4.69, 9.17) is 21.1 Å². The van der Waals surface area contributed by atoms with Gasteiger partial charge in [-0.3, -0.25) is 10.0 Å². The lowest BCUT2D eigenvalue weighted by Gasteiger charge is -2.15. The van der Waals surface area contributed by atoms with Gasteiger partial charge in [-0.05, 0) is 25.1 Å². The van der Waals surface area contributed by atoms with Gasteiger partial charge < -0.3 is 9.47 Å². The van der Waals surface area contributed by atoms with Crippen LogP contribution in [0.4, 0.5) is 16.3 Å². The summed E-state index contributed by atoms with van der Waals surface area (Å²) in [6.45, 7) is 1.71. The number of carbonyl (C=O) groups excluding carboxylic acids is 1. The van der Waals surface area contributed by atoms with Crippen molar-refractivity contribution in [3.05, 3.63) is 46.9 Å². The minimum atomic E-state index is -3.52. The smallest absolute Gasteiger partial charge is 0.413 e. The number of sulfonamides is 1. The Balaban J connectivity index is 1.85. The monoisotopic (exact) mass is 495 g/mol. The minimum absolute atomic E-state index is 0.0418. The lowest BCUT2D eigenvalue weighted by Crippen LogP contribution is -2.18. The molecule has 0 unspecified atom stereocenters. The van der Waals surface area contributed by atoms with Crippen molar-refractivity contribution in [2.75, 3.05) is 23.4 Å². The molecular formula is C19H22ClN7O5S. The highest BCUT2D eigenvalue weighted by Gasteiger charge is 2.21. The van der Waals surface area contributed by atoms with Gasteiger partial charge in [0.15, 0.2) is 11.5 Å². The molecular weight excluding hydrogens is 474 g/mol. The first-order valence-electron chi connectivity index (χ1n) is 9.53. The number of pyridine rings is 2. The number of halogens is 1. The van der Waals surface area contributed by atoms with E-state index in [1.54, 1.807) is 32.2 Å². The van der Waals surface area contributed by atoms with Gasteiger partial charge in [0.2, 0.25) is 10.0 Å². The number of anilines is 2. The summed E-state index contributed by atoms with van der Waals surface area (Å²) in [7, 11) is -0.474. The standard InChI is InChI=1S/C19H22ClN7O5S/c1-11(12-6-5-9-21-17(12)20)32-19(28)23-18-16(24-26-27(18)2)14-8-7-13(25-33(4,29)30)15(22-14)10-31-3/h5-9,11,25H,10H2,1-4H3,(H,23,28)/t11-/m1/s1. The average Bonchev–Trinajstić information content (AvgIpc) is 3.09. The Bertz CT molecular complexity index is 1270. The van der Waals surface area contributed by atoms with Gasteiger partial charge in [-0.2, -0.15) is 0 Å². The third kappa shape index (κ3) is 6.15. The molecule has 0 spiro atoms. The van der Waals surface area contributed by atoms with Crippen LogP contribution >= 0.6 is 11.6 Å². The average molecular weight is 496 g/mol. The molecule has 0 bridgehead atoms. The highest BCUT2D eigenvalue weighted by molar-refractivity contribution is 7.92. The van der Waals surface area contributed by atoms with E-state index in [1.807, 2.05) is 0 Å². The molecule has 0 aromatic carbocycles. The Morgan fingerprint density at radius 1 is 1.30 bits per heavy atom. The molecule has 0 saturated heterocycles. The Labute approximate surface area is 195 Å². The molecule has 33 heavy (non-hydrogen) atoms. The van der Waals surface area contributed by atoms with Gasteiger partial charge in [-0.1, -0.05) is 22.9 Å². The molecule has 0 aliphatic carbocycles. The second kappa shape index (κ2) is 10.1. The normalized spacial score (nSPS) is 12.3. The van der Waals surface area contributed by atoms with Gasteiger partial charge in [0, 0.05) is 25.9 Å². The number of amides is 1. The fourth-order valence-corrected chi connectivity index (χ4v) is 3.75. The number of aromatic nitrogens is 5.